The number of hydrogen-bond acceptors (Lipinski definition) is 6. The van der Waals surface area contributed by atoms with Crippen LogP contribution in [0.25, 0.3) is 0 Å². The fourth-order valence-electron chi connectivity index (χ4n) is 12.5. The van der Waals surface area contributed by atoms with Gasteiger partial charge in [0.15, 0.2) is 0 Å². The second-order valence-corrected chi connectivity index (χ2v) is 24.4. The van der Waals surface area contributed by atoms with Crippen molar-refractivity contribution in [2.45, 2.75) is 327 Å². The molecule has 5 atom stereocenters. The zero-order valence-corrected chi connectivity index (χ0v) is 50.5. The number of nitrogens with zero attached hydrogens (tertiary/aromatic N) is 2. The molecule has 0 aromatic heterocycles. The fourth-order valence-corrected chi connectivity index (χ4v) is 12.5. The molecular weight excluding hydrogens is 953 g/mol. The van der Waals surface area contributed by atoms with Crippen molar-refractivity contribution in [1.82, 2.24) is 20.4 Å². The van der Waals surface area contributed by atoms with E-state index in [1.54, 1.807) is 6.08 Å². The fraction of sp³-hybridized carbons (Fsp3) is 0.838. The third kappa shape index (κ3) is 31.2. The van der Waals surface area contributed by atoms with E-state index in [2.05, 4.69) is 22.5 Å². The van der Waals surface area contributed by atoms with Crippen molar-refractivity contribution in [3.63, 3.8) is 0 Å². The molecule has 0 aliphatic carbocycles. The minimum atomic E-state index is -0.964. The molecule has 2 fully saturated rings. The molecular formula is C68H122N4O5. The van der Waals surface area contributed by atoms with E-state index in [4.69, 9.17) is 0 Å². The van der Waals surface area contributed by atoms with Crippen LogP contribution in [0.2, 0.25) is 0 Å². The van der Waals surface area contributed by atoms with Crippen LogP contribution in [0.4, 0.5) is 0 Å². The molecule has 3 rings (SSSR count). The number of amides is 3. The molecule has 0 saturated carbocycles. The van der Waals surface area contributed by atoms with Gasteiger partial charge in [0.05, 0.1) is 18.8 Å². The lowest BCUT2D eigenvalue weighted by molar-refractivity contribution is -0.150. The molecule has 0 bridgehead atoms. The second kappa shape index (κ2) is 45.9. The molecule has 3 amide bonds. The number of benzene rings is 1. The maximum Gasteiger partial charge on any atom is 0.243 e. The van der Waals surface area contributed by atoms with Crippen LogP contribution in [0, 0.1) is 5.92 Å². The second-order valence-electron chi connectivity index (χ2n) is 24.4. The van der Waals surface area contributed by atoms with Gasteiger partial charge in [-0.2, -0.15) is 0 Å². The number of hydrogen-bond donors (Lipinski definition) is 4. The average Bonchev–Trinajstić information content (AvgIpc) is 3.87. The molecule has 1 aromatic carbocycles. The van der Waals surface area contributed by atoms with Crippen LogP contribution in [0.15, 0.2) is 42.5 Å². The van der Waals surface area contributed by atoms with Gasteiger partial charge >= 0.3 is 0 Å². The van der Waals surface area contributed by atoms with Crippen molar-refractivity contribution in [2.24, 2.45) is 5.92 Å². The lowest BCUT2D eigenvalue weighted by atomic mass is 9.86. The summed E-state index contributed by atoms with van der Waals surface area (Å²) in [6, 6.07) is 8.53. The first-order valence-electron chi connectivity index (χ1n) is 33.4. The lowest BCUT2D eigenvalue weighted by Crippen LogP contribution is -2.61. The first-order chi connectivity index (χ1) is 37.7. The third-order valence-electron chi connectivity index (χ3n) is 17.7. The number of aliphatic hydroxyl groups excluding tert-OH is 2. The maximum atomic E-state index is 15.7. The highest BCUT2D eigenvalue weighted by molar-refractivity contribution is 5.92. The normalized spacial score (nSPS) is 23.2. The van der Waals surface area contributed by atoms with Gasteiger partial charge in [0.25, 0.3) is 0 Å². The molecule has 2 aliphatic heterocycles. The highest BCUT2D eigenvalue weighted by Crippen LogP contribution is 2.37. The van der Waals surface area contributed by atoms with Gasteiger partial charge in [-0.15, -0.1) is 0 Å². The van der Waals surface area contributed by atoms with Crippen LogP contribution < -0.4 is 10.6 Å². The Morgan fingerprint density at radius 2 is 0.987 bits per heavy atom. The molecule has 2 heterocycles. The van der Waals surface area contributed by atoms with Crippen molar-refractivity contribution >= 4 is 17.7 Å². The van der Waals surface area contributed by atoms with Crippen LogP contribution in [-0.4, -0.2) is 94.2 Å². The summed E-state index contributed by atoms with van der Waals surface area (Å²) in [5.74, 6) is -0.725. The molecule has 444 valence electrons. The summed E-state index contributed by atoms with van der Waals surface area (Å²) in [6.07, 6.45) is 56.8. The van der Waals surface area contributed by atoms with Gasteiger partial charge in [0.2, 0.25) is 17.7 Å². The Kier molecular flexibility index (Phi) is 40.9. The zero-order valence-electron chi connectivity index (χ0n) is 50.5. The van der Waals surface area contributed by atoms with E-state index in [1.165, 1.54) is 205 Å². The standard InChI is InChI=1S/C68H122N4O5/c1-4-5-53-69-65(75)60(2)58-64(74)63(59-62-49-42-41-43-50-62)70-66(76)61(3)72-56-45-40-38-36-34-32-30-28-26-24-22-20-18-16-14-12-10-8-6-7-9-11-13-15-17-19-21-23-25-27-29-31-33-35-37-39-44-51-68(67(72)77)52-48-55-71(68)54-46-47-57-73/h41-43,46-47,49-50,60-61,63-64,73-74H,4-40,44-45,48,51-59H2,1-3H3,(H,69,75)(H,70,76). The highest BCUT2D eigenvalue weighted by Gasteiger charge is 2.49. The molecule has 2 aliphatic rings. The van der Waals surface area contributed by atoms with Crippen molar-refractivity contribution in [3.05, 3.63) is 48.0 Å². The van der Waals surface area contributed by atoms with Crippen molar-refractivity contribution in [2.75, 3.05) is 32.8 Å². The largest absolute Gasteiger partial charge is 0.392 e. The van der Waals surface area contributed by atoms with Gasteiger partial charge in [-0.1, -0.05) is 294 Å². The molecule has 1 spiro atoms. The molecule has 77 heavy (non-hydrogen) atoms. The van der Waals surface area contributed by atoms with Gasteiger partial charge in [0, 0.05) is 25.6 Å². The Morgan fingerprint density at radius 3 is 1.42 bits per heavy atom. The maximum absolute atomic E-state index is 15.7. The molecule has 1 aromatic rings. The Labute approximate surface area is 474 Å². The Bertz CT molecular complexity index is 1610. The number of nitrogens with one attached hydrogen (secondary N) is 2. The number of unbranched alkanes of at least 4 members (excludes halogenated alkanes) is 1. The summed E-state index contributed by atoms with van der Waals surface area (Å²) in [6.45, 7) is 8.32. The summed E-state index contributed by atoms with van der Waals surface area (Å²) in [5, 5.41) is 27.8. The number of carbonyl (C=O) groups excluding carboxylic acids is 3. The van der Waals surface area contributed by atoms with Crippen molar-refractivity contribution in [1.29, 1.82) is 0 Å². The van der Waals surface area contributed by atoms with Crippen LogP contribution in [0.1, 0.15) is 302 Å². The number of likely N-dealkylation sites (tertiary alicyclic amines) is 1. The van der Waals surface area contributed by atoms with Gasteiger partial charge in [0.1, 0.15) is 11.6 Å². The van der Waals surface area contributed by atoms with Gasteiger partial charge < -0.3 is 25.7 Å². The summed E-state index contributed by atoms with van der Waals surface area (Å²) < 4.78 is 0. The molecule has 2 saturated heterocycles. The minimum Gasteiger partial charge on any atom is -0.392 e. The predicted octanol–water partition coefficient (Wildman–Crippen LogP) is 16.5. The van der Waals surface area contributed by atoms with E-state index >= 15 is 4.79 Å². The zero-order chi connectivity index (χ0) is 55.3. The lowest BCUT2D eigenvalue weighted by Gasteiger charge is -2.42. The summed E-state index contributed by atoms with van der Waals surface area (Å²) >= 11 is 0. The summed E-state index contributed by atoms with van der Waals surface area (Å²) in [5.41, 5.74) is 0.271. The first-order valence-corrected chi connectivity index (χ1v) is 33.4. The molecule has 4 N–H and O–H groups in total. The van der Waals surface area contributed by atoms with E-state index in [1.807, 2.05) is 55.2 Å². The number of carbonyl (C=O) groups is 3. The topological polar surface area (TPSA) is 122 Å². The van der Waals surface area contributed by atoms with Gasteiger partial charge in [-0.05, 0) is 64.0 Å². The van der Waals surface area contributed by atoms with Crippen LogP contribution in [-0.2, 0) is 20.8 Å². The van der Waals surface area contributed by atoms with Crippen molar-refractivity contribution in [3.8, 4) is 0 Å². The Morgan fingerprint density at radius 1 is 0.571 bits per heavy atom. The van der Waals surface area contributed by atoms with E-state index in [0.29, 0.717) is 26.1 Å². The van der Waals surface area contributed by atoms with Gasteiger partial charge in [-0.25, -0.2) is 0 Å². The molecule has 9 nitrogen and oxygen atoms in total. The van der Waals surface area contributed by atoms with Crippen LogP contribution in [0.3, 0.4) is 0 Å². The first kappa shape index (κ1) is 68.5. The Balaban J connectivity index is 1.71. The number of aliphatic hydroxyl groups is 2. The highest BCUT2D eigenvalue weighted by atomic mass is 16.3. The quantitative estimate of drug-likeness (QED) is 0.103. The monoisotopic (exact) mass is 1070 g/mol. The molecule has 0 radical (unpaired) electrons. The van der Waals surface area contributed by atoms with E-state index in [-0.39, 0.29) is 30.7 Å². The average molecular weight is 1080 g/mol. The third-order valence-corrected chi connectivity index (χ3v) is 17.7. The smallest absolute Gasteiger partial charge is 0.243 e. The summed E-state index contributed by atoms with van der Waals surface area (Å²) in [7, 11) is 0. The molecule has 9 heteroatoms. The van der Waals surface area contributed by atoms with Crippen LogP contribution in [0.5, 0.6) is 0 Å². The van der Waals surface area contributed by atoms with Gasteiger partial charge in [-0.3, -0.25) is 19.3 Å². The Hall–Kier alpha value is -2.75. The number of rotatable bonds is 15. The van der Waals surface area contributed by atoms with Crippen molar-refractivity contribution < 1.29 is 24.6 Å². The van der Waals surface area contributed by atoms with E-state index in [9.17, 15) is 19.8 Å². The van der Waals surface area contributed by atoms with E-state index in [0.717, 1.165) is 76.3 Å². The van der Waals surface area contributed by atoms with Crippen LogP contribution >= 0.6 is 0 Å². The SMILES string of the molecule is CCCCNC(=O)C(C)CC(O)C(Cc1ccccc1)NC(=O)C(C)N1CCCCCCCCCCCCCCCCCCCCCCCCCCCCCCCCCCCCCCCC2(CCCN2CC=CCO)C1=O. The summed E-state index contributed by atoms with van der Waals surface area (Å²) in [4.78, 5) is 47.7. The van der Waals surface area contributed by atoms with E-state index < -0.39 is 29.6 Å². The minimum absolute atomic E-state index is 0.0313. The predicted molar refractivity (Wildman–Crippen MR) is 326 cm³/mol. The molecule has 5 unspecified atom stereocenters.